The lowest BCUT2D eigenvalue weighted by Crippen LogP contribution is -2.35. The highest BCUT2D eigenvalue weighted by Gasteiger charge is 2.21. The van der Waals surface area contributed by atoms with Crippen LogP contribution >= 0.6 is 12.4 Å². The molecule has 1 heterocycles. The predicted molar refractivity (Wildman–Crippen MR) is 77.9 cm³/mol. The van der Waals surface area contributed by atoms with Crippen LogP contribution in [0.4, 0.5) is 0 Å². The van der Waals surface area contributed by atoms with Gasteiger partial charge in [-0.2, -0.15) is 0 Å². The van der Waals surface area contributed by atoms with Crippen molar-refractivity contribution in [2.45, 2.75) is 19.8 Å². The van der Waals surface area contributed by atoms with E-state index in [9.17, 15) is 13.2 Å². The molecule has 1 fully saturated rings. The van der Waals surface area contributed by atoms with Crippen LogP contribution in [0.3, 0.4) is 0 Å². The van der Waals surface area contributed by atoms with Gasteiger partial charge in [-0.05, 0) is 26.3 Å². The molecule has 0 spiro atoms. The number of nitrogens with zero attached hydrogens (tertiary/aromatic N) is 1. The molecular formula is C11H24ClN3O3S. The summed E-state index contributed by atoms with van der Waals surface area (Å²) in [5.74, 6) is 0.256. The first-order valence-corrected chi connectivity index (χ1v) is 8.00. The number of halogens is 1. The molecule has 1 atom stereocenters. The van der Waals surface area contributed by atoms with Gasteiger partial charge in [0, 0.05) is 26.7 Å². The van der Waals surface area contributed by atoms with Crippen LogP contribution in [0.2, 0.25) is 0 Å². The van der Waals surface area contributed by atoms with Gasteiger partial charge in [0.25, 0.3) is 0 Å². The smallest absolute Gasteiger partial charge is 0.224 e. The summed E-state index contributed by atoms with van der Waals surface area (Å²) < 4.78 is 24.3. The second kappa shape index (κ2) is 8.73. The van der Waals surface area contributed by atoms with Crippen LogP contribution < -0.4 is 10.6 Å². The molecule has 1 aliphatic rings. The van der Waals surface area contributed by atoms with E-state index in [1.807, 2.05) is 0 Å². The third-order valence-electron chi connectivity index (χ3n) is 3.22. The Kier molecular flexibility index (Phi) is 8.56. The maximum Gasteiger partial charge on any atom is 0.224 e. The van der Waals surface area contributed by atoms with Gasteiger partial charge >= 0.3 is 0 Å². The van der Waals surface area contributed by atoms with E-state index < -0.39 is 10.0 Å². The van der Waals surface area contributed by atoms with Gasteiger partial charge in [-0.25, -0.2) is 12.7 Å². The molecule has 1 unspecified atom stereocenters. The molecule has 0 aromatic heterocycles. The van der Waals surface area contributed by atoms with E-state index in [4.69, 9.17) is 0 Å². The minimum atomic E-state index is -3.10. The molecule has 2 N–H and O–H groups in total. The van der Waals surface area contributed by atoms with E-state index >= 15 is 0 Å². The average molecular weight is 314 g/mol. The fourth-order valence-electron chi connectivity index (χ4n) is 1.90. The molecule has 0 radical (unpaired) electrons. The first-order chi connectivity index (χ1) is 8.47. The third kappa shape index (κ3) is 6.07. The summed E-state index contributed by atoms with van der Waals surface area (Å²) >= 11 is 0. The van der Waals surface area contributed by atoms with Gasteiger partial charge in [0.2, 0.25) is 15.9 Å². The number of hydrogen-bond acceptors (Lipinski definition) is 4. The van der Waals surface area contributed by atoms with E-state index in [0.29, 0.717) is 19.5 Å². The van der Waals surface area contributed by atoms with Gasteiger partial charge in [0.1, 0.15) is 0 Å². The Morgan fingerprint density at radius 1 is 1.47 bits per heavy atom. The summed E-state index contributed by atoms with van der Waals surface area (Å²) in [5, 5.41) is 5.99. The Morgan fingerprint density at radius 2 is 2.16 bits per heavy atom. The molecule has 114 valence electrons. The molecule has 0 aromatic carbocycles. The molecule has 1 saturated heterocycles. The zero-order valence-electron chi connectivity index (χ0n) is 11.5. The Morgan fingerprint density at radius 3 is 2.68 bits per heavy atom. The number of sulfonamides is 1. The van der Waals surface area contributed by atoms with Crippen molar-refractivity contribution in [3.8, 4) is 0 Å². The summed E-state index contributed by atoms with van der Waals surface area (Å²) in [5.41, 5.74) is 0. The second-order valence-corrected chi connectivity index (χ2v) is 6.92. The summed E-state index contributed by atoms with van der Waals surface area (Å²) in [6.45, 7) is 4.24. The van der Waals surface area contributed by atoms with Gasteiger partial charge < -0.3 is 10.6 Å². The fourth-order valence-corrected chi connectivity index (χ4v) is 2.74. The SMILES string of the molecule is CCS(=O)(=O)N(C)CCCNC(=O)C1CCNC1.Cl. The highest BCUT2D eigenvalue weighted by Crippen LogP contribution is 2.06. The minimum absolute atomic E-state index is 0. The van der Waals surface area contributed by atoms with Crippen molar-refractivity contribution in [2.24, 2.45) is 5.92 Å². The van der Waals surface area contributed by atoms with Crippen molar-refractivity contribution in [2.75, 3.05) is 39.0 Å². The first kappa shape index (κ1) is 18.6. The molecule has 1 amide bonds. The third-order valence-corrected chi connectivity index (χ3v) is 5.08. The molecule has 1 aliphatic heterocycles. The van der Waals surface area contributed by atoms with Crippen LogP contribution in [0.5, 0.6) is 0 Å². The Labute approximate surface area is 121 Å². The second-order valence-electron chi connectivity index (χ2n) is 4.56. The van der Waals surface area contributed by atoms with Gasteiger partial charge in [-0.3, -0.25) is 4.79 Å². The van der Waals surface area contributed by atoms with Crippen molar-refractivity contribution in [3.05, 3.63) is 0 Å². The lowest BCUT2D eigenvalue weighted by Gasteiger charge is -2.16. The van der Waals surface area contributed by atoms with Crippen molar-refractivity contribution < 1.29 is 13.2 Å². The Balaban J connectivity index is 0.00000324. The van der Waals surface area contributed by atoms with E-state index in [-0.39, 0.29) is 30.0 Å². The van der Waals surface area contributed by atoms with Gasteiger partial charge in [0.05, 0.1) is 11.7 Å². The number of hydrogen-bond donors (Lipinski definition) is 2. The lowest BCUT2D eigenvalue weighted by atomic mass is 10.1. The number of nitrogens with one attached hydrogen (secondary N) is 2. The lowest BCUT2D eigenvalue weighted by molar-refractivity contribution is -0.124. The van der Waals surface area contributed by atoms with E-state index in [1.165, 1.54) is 4.31 Å². The van der Waals surface area contributed by atoms with Crippen LogP contribution in [0.1, 0.15) is 19.8 Å². The van der Waals surface area contributed by atoms with Crippen LogP contribution in [0.25, 0.3) is 0 Å². The molecule has 0 bridgehead atoms. The summed E-state index contributed by atoms with van der Waals surface area (Å²) in [6, 6.07) is 0. The monoisotopic (exact) mass is 313 g/mol. The number of rotatable bonds is 7. The minimum Gasteiger partial charge on any atom is -0.356 e. The number of amides is 1. The zero-order chi connectivity index (χ0) is 13.6. The van der Waals surface area contributed by atoms with Crippen molar-refractivity contribution >= 4 is 28.3 Å². The van der Waals surface area contributed by atoms with Crippen LogP contribution in [0, 0.1) is 5.92 Å². The molecule has 1 rings (SSSR count). The maximum absolute atomic E-state index is 11.7. The fraction of sp³-hybridized carbons (Fsp3) is 0.909. The highest BCUT2D eigenvalue weighted by atomic mass is 35.5. The first-order valence-electron chi connectivity index (χ1n) is 6.40. The van der Waals surface area contributed by atoms with E-state index in [0.717, 1.165) is 19.5 Å². The van der Waals surface area contributed by atoms with Crippen LogP contribution in [0.15, 0.2) is 0 Å². The topological polar surface area (TPSA) is 78.5 Å². The molecule has 0 aromatic rings. The standard InChI is InChI=1S/C11H23N3O3S.ClH/c1-3-18(16,17)14(2)8-4-6-13-11(15)10-5-7-12-9-10;/h10,12H,3-9H2,1-2H3,(H,13,15);1H. The van der Waals surface area contributed by atoms with Crippen molar-refractivity contribution in [1.29, 1.82) is 0 Å². The summed E-state index contributed by atoms with van der Waals surface area (Å²) in [6.07, 6.45) is 1.53. The predicted octanol–water partition coefficient (Wildman–Crippen LogP) is -0.194. The molecule has 0 aliphatic carbocycles. The van der Waals surface area contributed by atoms with Crippen molar-refractivity contribution in [1.82, 2.24) is 14.9 Å². The quantitative estimate of drug-likeness (QED) is 0.638. The number of carbonyl (C=O) groups excluding carboxylic acids is 1. The molecule has 8 heteroatoms. The summed E-state index contributed by atoms with van der Waals surface area (Å²) in [4.78, 5) is 11.7. The zero-order valence-corrected chi connectivity index (χ0v) is 13.1. The Hall–Kier alpha value is -0.370. The van der Waals surface area contributed by atoms with Gasteiger partial charge in [-0.1, -0.05) is 0 Å². The maximum atomic E-state index is 11.7. The molecule has 19 heavy (non-hydrogen) atoms. The Bertz CT molecular complexity index is 369. The molecule has 0 saturated carbocycles. The van der Waals surface area contributed by atoms with Crippen LogP contribution in [-0.4, -0.2) is 57.6 Å². The van der Waals surface area contributed by atoms with Crippen LogP contribution in [-0.2, 0) is 14.8 Å². The molecular weight excluding hydrogens is 290 g/mol. The average Bonchev–Trinajstić information content (AvgIpc) is 2.87. The molecule has 6 nitrogen and oxygen atoms in total. The van der Waals surface area contributed by atoms with E-state index in [1.54, 1.807) is 14.0 Å². The normalized spacial score (nSPS) is 19.2. The summed E-state index contributed by atoms with van der Waals surface area (Å²) in [7, 11) is -1.53. The van der Waals surface area contributed by atoms with Gasteiger partial charge in [0.15, 0.2) is 0 Å². The largest absolute Gasteiger partial charge is 0.356 e. The van der Waals surface area contributed by atoms with Gasteiger partial charge in [-0.15, -0.1) is 12.4 Å². The van der Waals surface area contributed by atoms with E-state index in [2.05, 4.69) is 10.6 Å². The number of carbonyl (C=O) groups is 1. The highest BCUT2D eigenvalue weighted by molar-refractivity contribution is 7.89. The van der Waals surface area contributed by atoms with Crippen molar-refractivity contribution in [3.63, 3.8) is 0 Å².